The van der Waals surface area contributed by atoms with Gasteiger partial charge in [0.05, 0.1) is 41.7 Å². The van der Waals surface area contributed by atoms with Gasteiger partial charge in [0.2, 0.25) is 0 Å². The zero-order valence-electron chi connectivity index (χ0n) is 25.0. The van der Waals surface area contributed by atoms with E-state index in [0.29, 0.717) is 43.5 Å². The van der Waals surface area contributed by atoms with Crippen molar-refractivity contribution < 1.29 is 35.8 Å². The van der Waals surface area contributed by atoms with Gasteiger partial charge in [0, 0.05) is 35.5 Å². The molecule has 2 aromatic carbocycles. The number of fused-ring (bicyclic) bond motifs is 5. The number of hydrogen-bond acceptors (Lipinski definition) is 9. The average molecular weight is 672 g/mol. The van der Waals surface area contributed by atoms with Gasteiger partial charge in [-0.15, -0.1) is 11.3 Å². The molecule has 16 heteroatoms. The first-order valence-electron chi connectivity index (χ1n) is 15.0. The normalized spacial score (nSPS) is 23.7. The second kappa shape index (κ2) is 11.7. The summed E-state index contributed by atoms with van der Waals surface area (Å²) in [5, 5.41) is 9.03. The van der Waals surface area contributed by atoms with E-state index < -0.39 is 51.7 Å². The van der Waals surface area contributed by atoms with E-state index in [-0.39, 0.29) is 50.0 Å². The number of hydrogen-bond donors (Lipinski definition) is 1. The minimum Gasteiger partial charge on any atom is -0.467 e. The van der Waals surface area contributed by atoms with Crippen LogP contribution >= 0.6 is 11.3 Å². The van der Waals surface area contributed by atoms with Gasteiger partial charge in [-0.3, -0.25) is 4.90 Å². The van der Waals surface area contributed by atoms with Gasteiger partial charge in [-0.25, -0.2) is 13.2 Å². The Hall–Kier alpha value is -3.81. The number of nitrogen functional groups attached to an aromatic ring is 1. The number of anilines is 2. The largest absolute Gasteiger partial charge is 0.467 e. The molecule has 4 atom stereocenters. The third kappa shape index (κ3) is 5.32. The molecule has 4 saturated heterocycles. The standard InChI is InChI=1S/C24H15BF5N5O2S.C7H12FN/c1-36-23-33-19-10(22(34-23)35-6-9-2-8(35)7-37-9)3-12(24(28,29)30)16(18(19)27)17-13(25)4-14(26)20-15(17)11(5-31)21(32)38-20;8-6-4-7-2-1-3-9(7)5-6/h3-4,8-9H,2,6-7,32H2,1H3;6-7H,1-5H2. The average Bonchev–Trinajstić information content (AvgIpc) is 3.85. The maximum Gasteiger partial charge on any atom is 0.417 e. The number of thiophene rings is 1. The van der Waals surface area contributed by atoms with Crippen LogP contribution in [-0.4, -0.2) is 80.4 Å². The first-order chi connectivity index (χ1) is 22.4. The SMILES string of the molecule is FC1CC2CCCN2C1.[B]c1cc(F)c2sc(N)c(C#N)c2c1-c1c(C(F)(F)F)cc2c(N3CC4CC3CO4)nc(OC)nc2c1F. The van der Waals surface area contributed by atoms with Crippen molar-refractivity contribution in [1.82, 2.24) is 14.9 Å². The van der Waals surface area contributed by atoms with Crippen LogP contribution in [0.5, 0.6) is 6.01 Å². The van der Waals surface area contributed by atoms with Crippen LogP contribution in [0.15, 0.2) is 12.1 Å². The summed E-state index contributed by atoms with van der Waals surface area (Å²) >= 11 is 0.659. The summed E-state index contributed by atoms with van der Waals surface area (Å²) in [6.07, 6.45) is -1.73. The van der Waals surface area contributed by atoms with Crippen LogP contribution in [0, 0.1) is 23.0 Å². The van der Waals surface area contributed by atoms with Gasteiger partial charge in [-0.1, -0.05) is 5.46 Å². The van der Waals surface area contributed by atoms with E-state index in [4.69, 9.17) is 23.1 Å². The molecule has 6 heterocycles. The summed E-state index contributed by atoms with van der Waals surface area (Å²) in [7, 11) is 7.26. The number of halogens is 6. The predicted octanol–water partition coefficient (Wildman–Crippen LogP) is 5.23. The van der Waals surface area contributed by atoms with Gasteiger partial charge in [0.1, 0.15) is 42.2 Å². The fourth-order valence-electron chi connectivity index (χ4n) is 7.31. The molecule has 0 amide bonds. The number of alkyl halides is 4. The monoisotopic (exact) mass is 672 g/mol. The molecule has 4 aliphatic heterocycles. The van der Waals surface area contributed by atoms with Gasteiger partial charge < -0.3 is 20.1 Å². The number of aromatic nitrogens is 2. The molecule has 0 spiro atoms. The third-order valence-electron chi connectivity index (χ3n) is 9.35. The quantitative estimate of drug-likeness (QED) is 0.233. The number of ether oxygens (including phenoxy) is 2. The van der Waals surface area contributed by atoms with E-state index in [0.717, 1.165) is 25.1 Å². The number of nitrogens with two attached hydrogens (primary N) is 1. The topological polar surface area (TPSA) is 101 Å². The molecular weight excluding hydrogens is 645 g/mol. The first-order valence-corrected chi connectivity index (χ1v) is 15.8. The van der Waals surface area contributed by atoms with Gasteiger partial charge in [-0.05, 0) is 49.9 Å². The Morgan fingerprint density at radius 3 is 2.57 bits per heavy atom. The molecule has 2 N–H and O–H groups in total. The van der Waals surface area contributed by atoms with Crippen molar-refractivity contribution in [2.45, 2.75) is 56.2 Å². The van der Waals surface area contributed by atoms with Crippen molar-refractivity contribution in [3.05, 3.63) is 34.9 Å². The van der Waals surface area contributed by atoms with Crippen molar-refractivity contribution in [3.63, 3.8) is 0 Å². The zero-order valence-corrected chi connectivity index (χ0v) is 25.8. The summed E-state index contributed by atoms with van der Waals surface area (Å²) in [6.45, 7) is 2.57. The molecule has 8 rings (SSSR count). The molecule has 47 heavy (non-hydrogen) atoms. The summed E-state index contributed by atoms with van der Waals surface area (Å²) in [4.78, 5) is 12.3. The van der Waals surface area contributed by atoms with E-state index in [1.165, 1.54) is 20.0 Å². The highest BCUT2D eigenvalue weighted by molar-refractivity contribution is 7.23. The van der Waals surface area contributed by atoms with Crippen molar-refractivity contribution >= 4 is 56.5 Å². The summed E-state index contributed by atoms with van der Waals surface area (Å²) < 4.78 is 98.0. The van der Waals surface area contributed by atoms with Crippen molar-refractivity contribution in [2.24, 2.45) is 0 Å². The Balaban J connectivity index is 0.000000334. The summed E-state index contributed by atoms with van der Waals surface area (Å²) in [5.74, 6) is -2.19. The molecule has 4 aliphatic rings. The van der Waals surface area contributed by atoms with Crippen LogP contribution in [0.2, 0.25) is 0 Å². The molecule has 2 aromatic heterocycles. The predicted molar refractivity (Wildman–Crippen MR) is 166 cm³/mol. The number of nitrogens with zero attached hydrogens (tertiary/aromatic N) is 5. The van der Waals surface area contributed by atoms with E-state index in [9.17, 15) is 27.2 Å². The number of benzene rings is 2. The Morgan fingerprint density at radius 2 is 1.94 bits per heavy atom. The van der Waals surface area contributed by atoms with Crippen LogP contribution in [0.4, 0.5) is 37.2 Å². The van der Waals surface area contributed by atoms with Crippen LogP contribution in [-0.2, 0) is 10.9 Å². The van der Waals surface area contributed by atoms with Crippen molar-refractivity contribution in [2.75, 3.05) is 44.0 Å². The van der Waals surface area contributed by atoms with Gasteiger partial charge in [0.15, 0.2) is 5.82 Å². The lowest BCUT2D eigenvalue weighted by molar-refractivity contribution is -0.137. The summed E-state index contributed by atoms with van der Waals surface area (Å²) in [5.41, 5.74) is 1.77. The highest BCUT2D eigenvalue weighted by Crippen LogP contribution is 2.48. The number of nitriles is 1. The molecule has 8 nitrogen and oxygen atoms in total. The van der Waals surface area contributed by atoms with E-state index in [1.54, 1.807) is 11.0 Å². The second-order valence-corrected chi connectivity index (χ2v) is 13.2. The van der Waals surface area contributed by atoms with Gasteiger partial charge in [0.25, 0.3) is 0 Å². The minimum atomic E-state index is -5.07. The molecular formula is C31H27BF6N6O2S. The Morgan fingerprint density at radius 1 is 1.15 bits per heavy atom. The lowest BCUT2D eigenvalue weighted by Crippen LogP contribution is -2.37. The fourth-order valence-corrected chi connectivity index (χ4v) is 8.24. The molecule has 4 fully saturated rings. The second-order valence-electron chi connectivity index (χ2n) is 12.1. The molecule has 244 valence electrons. The Kier molecular flexibility index (Phi) is 7.92. The molecule has 0 saturated carbocycles. The van der Waals surface area contributed by atoms with Gasteiger partial charge >= 0.3 is 12.2 Å². The maximum atomic E-state index is 16.4. The lowest BCUT2D eigenvalue weighted by atomic mass is 9.81. The van der Waals surface area contributed by atoms with Gasteiger partial charge in [-0.2, -0.15) is 28.4 Å². The minimum absolute atomic E-state index is 0.0771. The maximum absolute atomic E-state index is 16.4. The zero-order chi connectivity index (χ0) is 33.4. The molecule has 2 radical (unpaired) electrons. The number of morpholine rings is 1. The third-order valence-corrected chi connectivity index (χ3v) is 10.4. The lowest BCUT2D eigenvalue weighted by Gasteiger charge is -2.29. The first kappa shape index (κ1) is 31.8. The molecule has 4 aromatic rings. The van der Waals surface area contributed by atoms with Crippen LogP contribution < -0.4 is 20.8 Å². The molecule has 0 aliphatic carbocycles. The highest BCUT2D eigenvalue weighted by Gasteiger charge is 2.43. The van der Waals surface area contributed by atoms with Crippen LogP contribution in [0.3, 0.4) is 0 Å². The number of methoxy groups -OCH3 is 1. The Bertz CT molecular complexity index is 1940. The smallest absolute Gasteiger partial charge is 0.417 e. The molecule has 4 unspecified atom stereocenters. The van der Waals surface area contributed by atoms with E-state index in [2.05, 4.69) is 14.9 Å². The number of rotatable bonds is 3. The van der Waals surface area contributed by atoms with Crippen molar-refractivity contribution in [1.29, 1.82) is 5.26 Å². The van der Waals surface area contributed by atoms with E-state index >= 15 is 4.39 Å². The Labute approximate surface area is 270 Å². The fraction of sp³-hybridized carbons (Fsp3) is 0.452. The summed E-state index contributed by atoms with van der Waals surface area (Å²) in [6, 6.07) is 3.52. The molecule has 2 bridgehead atoms. The van der Waals surface area contributed by atoms with E-state index in [1.807, 2.05) is 0 Å². The van der Waals surface area contributed by atoms with Crippen LogP contribution in [0.25, 0.3) is 32.1 Å². The van der Waals surface area contributed by atoms with Crippen LogP contribution in [0.1, 0.15) is 36.8 Å². The highest BCUT2D eigenvalue weighted by atomic mass is 32.1. The van der Waals surface area contributed by atoms with Crippen molar-refractivity contribution in [3.8, 4) is 23.2 Å².